The molecule has 0 aliphatic heterocycles. The maximum absolute atomic E-state index is 11.6. The highest BCUT2D eigenvalue weighted by molar-refractivity contribution is 7.16. The number of hydrogen-bond acceptors (Lipinski definition) is 4. The maximum atomic E-state index is 11.6. The summed E-state index contributed by atoms with van der Waals surface area (Å²) in [4.78, 5) is 16.4. The van der Waals surface area contributed by atoms with E-state index in [0.29, 0.717) is 5.39 Å². The Morgan fingerprint density at radius 2 is 2.46 bits per heavy atom. The van der Waals surface area contributed by atoms with Crippen LogP contribution in [0.15, 0.2) is 16.5 Å². The zero-order chi connectivity index (χ0) is 9.42. The Hall–Kier alpha value is -1.20. The molecule has 0 aliphatic rings. The van der Waals surface area contributed by atoms with Crippen molar-refractivity contribution in [1.29, 1.82) is 0 Å². The van der Waals surface area contributed by atoms with Gasteiger partial charge in [-0.3, -0.25) is 9.36 Å². The zero-order valence-electron chi connectivity index (χ0n) is 7.02. The Morgan fingerprint density at radius 1 is 1.69 bits per heavy atom. The molecule has 0 bridgehead atoms. The minimum atomic E-state index is -0.322. The van der Waals surface area contributed by atoms with Gasteiger partial charge in [-0.2, -0.15) is 0 Å². The lowest BCUT2D eigenvalue weighted by atomic mass is 10.3. The minimum Gasteiger partial charge on any atom is -0.376 e. The zero-order valence-corrected chi connectivity index (χ0v) is 7.84. The Morgan fingerprint density at radius 3 is 3.15 bits per heavy atom. The molecule has 0 saturated heterocycles. The summed E-state index contributed by atoms with van der Waals surface area (Å²) in [6, 6.07) is 0. The molecule has 0 aliphatic carbocycles. The molecule has 2 aromatic rings. The minimum absolute atomic E-state index is 0.175. The van der Waals surface area contributed by atoms with Crippen molar-refractivity contribution in [2.45, 2.75) is 13.7 Å². The molecule has 2 aromatic heterocycles. The van der Waals surface area contributed by atoms with E-state index in [2.05, 4.69) is 4.98 Å². The van der Waals surface area contributed by atoms with Crippen molar-refractivity contribution in [2.24, 2.45) is 0 Å². The molecule has 0 aromatic carbocycles. The predicted octanol–water partition coefficient (Wildman–Crippen LogP) is 0.716. The van der Waals surface area contributed by atoms with Crippen molar-refractivity contribution in [2.75, 3.05) is 0 Å². The number of aryl methyl sites for hydroxylation is 1. The monoisotopic (exact) mass is 196 g/mol. The normalized spacial score (nSPS) is 10.9. The first-order valence-electron chi connectivity index (χ1n) is 3.78. The molecule has 4 nitrogen and oxygen atoms in total. The molecule has 2 heterocycles. The van der Waals surface area contributed by atoms with Crippen LogP contribution in [0, 0.1) is 6.92 Å². The molecule has 0 unspecified atom stereocenters. The number of aliphatic hydroxyl groups is 1. The molecule has 2 rings (SSSR count). The van der Waals surface area contributed by atoms with Crippen LogP contribution < -0.4 is 5.56 Å². The van der Waals surface area contributed by atoms with E-state index < -0.39 is 0 Å². The van der Waals surface area contributed by atoms with Crippen molar-refractivity contribution in [3.8, 4) is 0 Å². The third-order valence-electron chi connectivity index (χ3n) is 1.90. The van der Waals surface area contributed by atoms with Crippen molar-refractivity contribution >= 4 is 21.6 Å². The van der Waals surface area contributed by atoms with Crippen LogP contribution in [-0.4, -0.2) is 14.7 Å². The number of rotatable bonds is 1. The lowest BCUT2D eigenvalue weighted by Crippen LogP contribution is -2.20. The lowest BCUT2D eigenvalue weighted by molar-refractivity contribution is 0.205. The lowest BCUT2D eigenvalue weighted by Gasteiger charge is -1.98. The highest BCUT2D eigenvalue weighted by atomic mass is 32.1. The van der Waals surface area contributed by atoms with Gasteiger partial charge >= 0.3 is 0 Å². The van der Waals surface area contributed by atoms with E-state index in [9.17, 15) is 4.79 Å². The Balaban J connectivity index is 2.92. The highest BCUT2D eigenvalue weighted by Gasteiger charge is 2.07. The second-order valence-electron chi connectivity index (χ2n) is 2.76. The van der Waals surface area contributed by atoms with E-state index in [1.54, 1.807) is 0 Å². The Labute approximate surface area is 78.1 Å². The number of aliphatic hydroxyl groups excluding tert-OH is 1. The molecule has 5 heteroatoms. The molecular weight excluding hydrogens is 188 g/mol. The van der Waals surface area contributed by atoms with Crippen LogP contribution in [0.25, 0.3) is 10.2 Å². The average molecular weight is 196 g/mol. The van der Waals surface area contributed by atoms with E-state index in [4.69, 9.17) is 5.11 Å². The van der Waals surface area contributed by atoms with Gasteiger partial charge in [-0.1, -0.05) is 0 Å². The van der Waals surface area contributed by atoms with Gasteiger partial charge in [0.1, 0.15) is 17.9 Å². The molecule has 0 saturated carbocycles. The van der Waals surface area contributed by atoms with Crippen molar-refractivity contribution < 1.29 is 5.11 Å². The fraction of sp³-hybridized carbons (Fsp3) is 0.250. The molecular formula is C8H8N2O2S. The molecule has 68 valence electrons. The molecule has 0 amide bonds. The van der Waals surface area contributed by atoms with E-state index >= 15 is 0 Å². The Bertz CT molecular complexity index is 500. The summed E-state index contributed by atoms with van der Waals surface area (Å²) < 4.78 is 1.18. The van der Waals surface area contributed by atoms with E-state index in [0.717, 1.165) is 10.4 Å². The van der Waals surface area contributed by atoms with Gasteiger partial charge in [-0.25, -0.2) is 4.98 Å². The van der Waals surface area contributed by atoms with Crippen LogP contribution in [0.2, 0.25) is 0 Å². The largest absolute Gasteiger partial charge is 0.376 e. The highest BCUT2D eigenvalue weighted by Crippen LogP contribution is 2.18. The van der Waals surface area contributed by atoms with Gasteiger partial charge < -0.3 is 5.11 Å². The second-order valence-corrected chi connectivity index (χ2v) is 3.62. The van der Waals surface area contributed by atoms with Crippen LogP contribution in [0.1, 0.15) is 5.56 Å². The molecule has 1 N–H and O–H groups in total. The van der Waals surface area contributed by atoms with Crippen LogP contribution in [0.4, 0.5) is 0 Å². The van der Waals surface area contributed by atoms with Crippen molar-refractivity contribution in [1.82, 2.24) is 9.55 Å². The number of hydrogen-bond donors (Lipinski definition) is 1. The van der Waals surface area contributed by atoms with E-state index in [1.165, 1.54) is 22.2 Å². The van der Waals surface area contributed by atoms with E-state index in [1.807, 2.05) is 12.3 Å². The fourth-order valence-electron chi connectivity index (χ4n) is 1.20. The molecule has 0 fully saturated rings. The van der Waals surface area contributed by atoms with Gasteiger partial charge in [-0.05, 0) is 17.9 Å². The Kier molecular flexibility index (Phi) is 1.90. The summed E-state index contributed by atoms with van der Waals surface area (Å²) in [7, 11) is 0. The van der Waals surface area contributed by atoms with Crippen LogP contribution in [0.5, 0.6) is 0 Å². The predicted molar refractivity (Wildman–Crippen MR) is 50.8 cm³/mol. The SMILES string of the molecule is Cc1csc2ncn(CO)c(=O)c12. The van der Waals surface area contributed by atoms with Crippen LogP contribution >= 0.6 is 11.3 Å². The first-order chi connectivity index (χ1) is 6.24. The van der Waals surface area contributed by atoms with E-state index in [-0.39, 0.29) is 12.3 Å². The first kappa shape index (κ1) is 8.40. The third-order valence-corrected chi connectivity index (χ3v) is 2.90. The number of aromatic nitrogens is 2. The van der Waals surface area contributed by atoms with Crippen LogP contribution in [0.3, 0.4) is 0 Å². The number of thiophene rings is 1. The van der Waals surface area contributed by atoms with Gasteiger partial charge in [0.15, 0.2) is 0 Å². The average Bonchev–Trinajstić information content (AvgIpc) is 2.49. The van der Waals surface area contributed by atoms with Gasteiger partial charge in [0, 0.05) is 0 Å². The smallest absolute Gasteiger partial charge is 0.264 e. The van der Waals surface area contributed by atoms with Crippen molar-refractivity contribution in [3.05, 3.63) is 27.6 Å². The second kappa shape index (κ2) is 2.93. The van der Waals surface area contributed by atoms with Gasteiger partial charge in [0.2, 0.25) is 0 Å². The van der Waals surface area contributed by atoms with Crippen LogP contribution in [-0.2, 0) is 6.73 Å². The summed E-state index contributed by atoms with van der Waals surface area (Å²) in [5.41, 5.74) is 0.742. The molecule has 0 radical (unpaired) electrons. The van der Waals surface area contributed by atoms with Crippen molar-refractivity contribution in [3.63, 3.8) is 0 Å². The summed E-state index contributed by atoms with van der Waals surface area (Å²) in [5.74, 6) is 0. The maximum Gasteiger partial charge on any atom is 0.264 e. The topological polar surface area (TPSA) is 55.1 Å². The number of nitrogens with zero attached hydrogens (tertiary/aromatic N) is 2. The molecule has 0 atom stereocenters. The first-order valence-corrected chi connectivity index (χ1v) is 4.66. The molecule has 13 heavy (non-hydrogen) atoms. The summed E-state index contributed by atoms with van der Waals surface area (Å²) >= 11 is 1.44. The van der Waals surface area contributed by atoms with Gasteiger partial charge in [-0.15, -0.1) is 11.3 Å². The standard InChI is InChI=1S/C8H8N2O2S/c1-5-2-13-7-6(5)8(12)10(4-11)3-9-7/h2-3,11H,4H2,1H3. The summed E-state index contributed by atoms with van der Waals surface area (Å²) in [5, 5.41) is 11.3. The summed E-state index contributed by atoms with van der Waals surface area (Å²) in [6.45, 7) is 1.54. The molecule has 0 spiro atoms. The third kappa shape index (κ3) is 1.16. The van der Waals surface area contributed by atoms with Gasteiger partial charge in [0.25, 0.3) is 5.56 Å². The quantitative estimate of drug-likeness (QED) is 0.731. The summed E-state index contributed by atoms with van der Waals surface area (Å²) in [6.07, 6.45) is 1.36. The fourth-order valence-corrected chi connectivity index (χ4v) is 2.09. The number of fused-ring (bicyclic) bond motifs is 1. The van der Waals surface area contributed by atoms with Gasteiger partial charge in [0.05, 0.1) is 5.39 Å².